The van der Waals surface area contributed by atoms with Crippen molar-refractivity contribution in [2.24, 2.45) is 0 Å². The van der Waals surface area contributed by atoms with Crippen LogP contribution in [0.4, 0.5) is 10.1 Å². The van der Waals surface area contributed by atoms with Crippen molar-refractivity contribution < 1.29 is 9.13 Å². The lowest BCUT2D eigenvalue weighted by Gasteiger charge is -2.08. The third kappa shape index (κ3) is 2.68. The van der Waals surface area contributed by atoms with Gasteiger partial charge in [-0.05, 0) is 6.42 Å². The number of hydrogen-bond donors (Lipinski definition) is 1. The van der Waals surface area contributed by atoms with Crippen molar-refractivity contribution in [2.45, 2.75) is 19.8 Å². The zero-order valence-electron chi connectivity index (χ0n) is 9.01. The molecule has 4 heteroatoms. The number of rotatable bonds is 4. The molecule has 0 amide bonds. The highest BCUT2D eigenvalue weighted by Crippen LogP contribution is 2.22. The first kappa shape index (κ1) is 11.5. The van der Waals surface area contributed by atoms with Crippen LogP contribution in [0.5, 0.6) is 5.88 Å². The van der Waals surface area contributed by atoms with Gasteiger partial charge in [0.25, 0.3) is 0 Å². The zero-order chi connectivity index (χ0) is 11.4. The van der Waals surface area contributed by atoms with Crippen LogP contribution in [0.2, 0.25) is 0 Å². The number of aromatic nitrogens is 1. The molecule has 0 aliphatic carbocycles. The lowest BCUT2D eigenvalue weighted by Crippen LogP contribution is -2.03. The van der Waals surface area contributed by atoms with E-state index < -0.39 is 5.82 Å². The number of ether oxygens (including phenoxy) is 1. The Hall–Kier alpha value is -1.58. The molecule has 0 bridgehead atoms. The largest absolute Gasteiger partial charge is 0.480 e. The number of nitrogen functional groups attached to an aromatic ring is 1. The normalized spacial score (nSPS) is 10.1. The SMILES string of the molecule is C=C(CC)Cc1nc(OC)c(N)cc1F. The Kier molecular flexibility index (Phi) is 3.66. The number of halogens is 1. The third-order valence-electron chi connectivity index (χ3n) is 2.15. The molecule has 1 aromatic heterocycles. The van der Waals surface area contributed by atoms with Gasteiger partial charge < -0.3 is 10.5 Å². The molecule has 1 heterocycles. The van der Waals surface area contributed by atoms with Gasteiger partial charge in [-0.3, -0.25) is 0 Å². The Morgan fingerprint density at radius 3 is 2.87 bits per heavy atom. The quantitative estimate of drug-likeness (QED) is 0.776. The fourth-order valence-electron chi connectivity index (χ4n) is 1.17. The minimum atomic E-state index is -0.414. The number of methoxy groups -OCH3 is 1. The number of hydrogen-bond acceptors (Lipinski definition) is 3. The monoisotopic (exact) mass is 210 g/mol. The van der Waals surface area contributed by atoms with E-state index in [0.717, 1.165) is 12.0 Å². The Morgan fingerprint density at radius 1 is 1.67 bits per heavy atom. The number of nitrogens with zero attached hydrogens (tertiary/aromatic N) is 1. The second-order valence-corrected chi connectivity index (χ2v) is 3.30. The lowest BCUT2D eigenvalue weighted by atomic mass is 10.1. The van der Waals surface area contributed by atoms with E-state index in [9.17, 15) is 4.39 Å². The molecule has 15 heavy (non-hydrogen) atoms. The molecule has 0 fully saturated rings. The highest BCUT2D eigenvalue weighted by molar-refractivity contribution is 5.49. The highest BCUT2D eigenvalue weighted by Gasteiger charge is 2.10. The van der Waals surface area contributed by atoms with Crippen molar-refractivity contribution in [1.29, 1.82) is 0 Å². The molecule has 1 aromatic rings. The van der Waals surface area contributed by atoms with E-state index in [1.807, 2.05) is 6.92 Å². The second kappa shape index (κ2) is 4.77. The lowest BCUT2D eigenvalue weighted by molar-refractivity contribution is 0.396. The van der Waals surface area contributed by atoms with E-state index >= 15 is 0 Å². The Balaban J connectivity index is 3.02. The number of pyridine rings is 1. The summed E-state index contributed by atoms with van der Waals surface area (Å²) in [6, 6.07) is 1.23. The summed E-state index contributed by atoms with van der Waals surface area (Å²) >= 11 is 0. The maximum Gasteiger partial charge on any atom is 0.237 e. The molecule has 0 radical (unpaired) electrons. The molecular weight excluding hydrogens is 195 g/mol. The van der Waals surface area contributed by atoms with Crippen molar-refractivity contribution >= 4 is 5.69 Å². The van der Waals surface area contributed by atoms with Crippen LogP contribution in [0.1, 0.15) is 19.0 Å². The molecule has 0 unspecified atom stereocenters. The first-order valence-corrected chi connectivity index (χ1v) is 4.74. The van der Waals surface area contributed by atoms with Gasteiger partial charge in [0.15, 0.2) is 0 Å². The maximum atomic E-state index is 13.4. The average Bonchev–Trinajstić information content (AvgIpc) is 2.21. The average molecular weight is 210 g/mol. The van der Waals surface area contributed by atoms with Crippen LogP contribution in [0.15, 0.2) is 18.2 Å². The Labute approximate surface area is 88.8 Å². The van der Waals surface area contributed by atoms with Crippen LogP contribution < -0.4 is 10.5 Å². The van der Waals surface area contributed by atoms with Crippen LogP contribution >= 0.6 is 0 Å². The predicted octanol–water partition coefficient (Wildman–Crippen LogP) is 2.32. The van der Waals surface area contributed by atoms with Crippen LogP contribution in [0.25, 0.3) is 0 Å². The van der Waals surface area contributed by atoms with Gasteiger partial charge in [0.2, 0.25) is 5.88 Å². The van der Waals surface area contributed by atoms with E-state index in [4.69, 9.17) is 10.5 Å². The smallest absolute Gasteiger partial charge is 0.237 e. The molecule has 0 aliphatic rings. The number of anilines is 1. The van der Waals surface area contributed by atoms with E-state index in [0.29, 0.717) is 12.1 Å². The summed E-state index contributed by atoms with van der Waals surface area (Å²) in [5.74, 6) is -0.154. The molecule has 0 spiro atoms. The second-order valence-electron chi connectivity index (χ2n) is 3.30. The van der Waals surface area contributed by atoms with Crippen molar-refractivity contribution in [2.75, 3.05) is 12.8 Å². The molecule has 0 aliphatic heterocycles. The summed E-state index contributed by atoms with van der Waals surface area (Å²) in [7, 11) is 1.45. The molecule has 82 valence electrons. The van der Waals surface area contributed by atoms with Crippen LogP contribution in [0, 0.1) is 5.82 Å². The fourth-order valence-corrected chi connectivity index (χ4v) is 1.17. The van der Waals surface area contributed by atoms with Gasteiger partial charge in [-0.1, -0.05) is 19.1 Å². The number of allylic oxidation sites excluding steroid dienone is 1. The molecule has 0 saturated carbocycles. The van der Waals surface area contributed by atoms with E-state index in [-0.39, 0.29) is 11.6 Å². The van der Waals surface area contributed by atoms with Crippen molar-refractivity contribution in [3.05, 3.63) is 29.7 Å². The molecule has 3 nitrogen and oxygen atoms in total. The third-order valence-corrected chi connectivity index (χ3v) is 2.15. The van der Waals surface area contributed by atoms with Gasteiger partial charge in [0.1, 0.15) is 5.82 Å². The first-order valence-electron chi connectivity index (χ1n) is 4.74. The molecule has 2 N–H and O–H groups in total. The summed E-state index contributed by atoms with van der Waals surface area (Å²) in [4.78, 5) is 4.00. The summed E-state index contributed by atoms with van der Waals surface area (Å²) in [5.41, 5.74) is 6.97. The highest BCUT2D eigenvalue weighted by atomic mass is 19.1. The van der Waals surface area contributed by atoms with Crippen LogP contribution in [-0.2, 0) is 6.42 Å². The molecular formula is C11H15FN2O. The summed E-state index contributed by atoms with van der Waals surface area (Å²) in [6.45, 7) is 5.78. The van der Waals surface area contributed by atoms with Gasteiger partial charge >= 0.3 is 0 Å². The minimum absolute atomic E-state index is 0.209. The fraction of sp³-hybridized carbons (Fsp3) is 0.364. The van der Waals surface area contributed by atoms with Crippen molar-refractivity contribution in [1.82, 2.24) is 4.98 Å². The number of nitrogens with two attached hydrogens (primary N) is 1. The first-order chi connectivity index (χ1) is 7.08. The van der Waals surface area contributed by atoms with Gasteiger partial charge in [0.05, 0.1) is 18.5 Å². The summed E-state index contributed by atoms with van der Waals surface area (Å²) in [6.07, 6.45) is 1.22. The zero-order valence-corrected chi connectivity index (χ0v) is 9.01. The Morgan fingerprint density at radius 2 is 2.33 bits per heavy atom. The van der Waals surface area contributed by atoms with Gasteiger partial charge in [-0.2, -0.15) is 0 Å². The van der Waals surface area contributed by atoms with Crippen molar-refractivity contribution in [3.63, 3.8) is 0 Å². The van der Waals surface area contributed by atoms with Crippen LogP contribution in [-0.4, -0.2) is 12.1 Å². The maximum absolute atomic E-state index is 13.4. The molecule has 0 aromatic carbocycles. The topological polar surface area (TPSA) is 48.1 Å². The van der Waals surface area contributed by atoms with E-state index in [1.165, 1.54) is 13.2 Å². The summed E-state index contributed by atoms with van der Waals surface area (Å²) < 4.78 is 18.3. The van der Waals surface area contributed by atoms with Gasteiger partial charge in [-0.15, -0.1) is 0 Å². The predicted molar refractivity (Wildman–Crippen MR) is 58.3 cm³/mol. The van der Waals surface area contributed by atoms with Gasteiger partial charge in [0, 0.05) is 12.5 Å². The van der Waals surface area contributed by atoms with Crippen molar-refractivity contribution in [3.8, 4) is 5.88 Å². The van der Waals surface area contributed by atoms with E-state index in [2.05, 4.69) is 11.6 Å². The van der Waals surface area contributed by atoms with E-state index in [1.54, 1.807) is 0 Å². The summed E-state index contributed by atoms with van der Waals surface area (Å²) in [5, 5.41) is 0. The van der Waals surface area contributed by atoms with Crippen LogP contribution in [0.3, 0.4) is 0 Å². The molecule has 0 atom stereocenters. The standard InChI is InChI=1S/C11H15FN2O/c1-4-7(2)5-10-8(12)6-9(13)11(14-10)15-3/h6H,2,4-5,13H2,1,3H3. The van der Waals surface area contributed by atoms with Gasteiger partial charge in [-0.25, -0.2) is 9.37 Å². The Bertz CT molecular complexity index is 377. The minimum Gasteiger partial charge on any atom is -0.480 e. The molecule has 0 saturated heterocycles. The molecule has 1 rings (SSSR count).